The number of amides is 2. The van der Waals surface area contributed by atoms with Crippen molar-refractivity contribution in [2.24, 2.45) is 7.05 Å². The topological polar surface area (TPSA) is 80.1 Å². The number of benzene rings is 2. The molecule has 2 amide bonds. The molecule has 2 aromatic carbocycles. The fourth-order valence-electron chi connectivity index (χ4n) is 3.42. The molecule has 0 spiro atoms. The molecule has 0 saturated carbocycles. The zero-order valence-corrected chi connectivity index (χ0v) is 18.6. The minimum absolute atomic E-state index is 0.144. The number of thioether (sulfide) groups is 1. The standard InChI is InChI=1S/C22H22ClN5O2S/c1-27-20(25-26-22(27)31-14-19(29)28-12-4-5-13-28)15-8-10-16(11-9-15)24-21(30)17-6-2-3-7-18(17)23/h2-3,6-11H,4-5,12-14H2,1H3,(H,24,30). The van der Waals surface area contributed by atoms with Gasteiger partial charge in [-0.05, 0) is 49.2 Å². The molecule has 7 nitrogen and oxygen atoms in total. The maximum Gasteiger partial charge on any atom is 0.257 e. The summed E-state index contributed by atoms with van der Waals surface area (Å²) in [6.45, 7) is 1.70. The first-order chi connectivity index (χ1) is 15.0. The summed E-state index contributed by atoms with van der Waals surface area (Å²) >= 11 is 7.48. The van der Waals surface area contributed by atoms with Crippen molar-refractivity contribution in [3.63, 3.8) is 0 Å². The van der Waals surface area contributed by atoms with Crippen molar-refractivity contribution in [3.8, 4) is 11.4 Å². The van der Waals surface area contributed by atoms with Crippen molar-refractivity contribution < 1.29 is 9.59 Å². The van der Waals surface area contributed by atoms with Gasteiger partial charge in [-0.15, -0.1) is 10.2 Å². The molecule has 1 N–H and O–H groups in total. The largest absolute Gasteiger partial charge is 0.342 e. The van der Waals surface area contributed by atoms with Crippen LogP contribution in [0.5, 0.6) is 0 Å². The zero-order chi connectivity index (χ0) is 21.8. The van der Waals surface area contributed by atoms with Crippen molar-refractivity contribution in [1.29, 1.82) is 0 Å². The number of halogens is 1. The predicted octanol–water partition coefficient (Wildman–Crippen LogP) is 4.10. The van der Waals surface area contributed by atoms with E-state index in [0.29, 0.717) is 33.0 Å². The predicted molar refractivity (Wildman–Crippen MR) is 122 cm³/mol. The van der Waals surface area contributed by atoms with Crippen LogP contribution < -0.4 is 5.32 Å². The minimum Gasteiger partial charge on any atom is -0.342 e. The molecule has 1 saturated heterocycles. The van der Waals surface area contributed by atoms with Gasteiger partial charge in [-0.25, -0.2) is 0 Å². The molecule has 0 bridgehead atoms. The second-order valence-corrected chi connectivity index (χ2v) is 8.60. The second kappa shape index (κ2) is 9.53. The smallest absolute Gasteiger partial charge is 0.257 e. The van der Waals surface area contributed by atoms with Crippen molar-refractivity contribution in [1.82, 2.24) is 19.7 Å². The van der Waals surface area contributed by atoms with Gasteiger partial charge in [0.25, 0.3) is 5.91 Å². The van der Waals surface area contributed by atoms with Gasteiger partial charge in [-0.1, -0.05) is 35.5 Å². The highest BCUT2D eigenvalue weighted by atomic mass is 35.5. The van der Waals surface area contributed by atoms with Crippen LogP contribution in [0.1, 0.15) is 23.2 Å². The van der Waals surface area contributed by atoms with Crippen LogP contribution in [0.15, 0.2) is 53.7 Å². The molecule has 9 heteroatoms. The van der Waals surface area contributed by atoms with E-state index < -0.39 is 0 Å². The number of hydrogen-bond donors (Lipinski definition) is 1. The van der Waals surface area contributed by atoms with Gasteiger partial charge in [0.15, 0.2) is 11.0 Å². The van der Waals surface area contributed by atoms with E-state index in [1.54, 1.807) is 24.3 Å². The summed E-state index contributed by atoms with van der Waals surface area (Å²) in [5.41, 5.74) is 1.94. The number of carbonyl (C=O) groups is 2. The molecular weight excluding hydrogens is 434 g/mol. The number of anilines is 1. The lowest BCUT2D eigenvalue weighted by atomic mass is 10.1. The summed E-state index contributed by atoms with van der Waals surface area (Å²) in [6, 6.07) is 14.3. The highest BCUT2D eigenvalue weighted by Gasteiger charge is 2.19. The molecule has 31 heavy (non-hydrogen) atoms. The van der Waals surface area contributed by atoms with Crippen LogP contribution >= 0.6 is 23.4 Å². The molecule has 160 valence electrons. The van der Waals surface area contributed by atoms with Crippen molar-refractivity contribution >= 4 is 40.9 Å². The van der Waals surface area contributed by atoms with Crippen LogP contribution in [0.3, 0.4) is 0 Å². The number of nitrogens with one attached hydrogen (secondary N) is 1. The highest BCUT2D eigenvalue weighted by Crippen LogP contribution is 2.25. The molecule has 3 aromatic rings. The Morgan fingerprint density at radius 2 is 1.77 bits per heavy atom. The fraction of sp³-hybridized carbons (Fsp3) is 0.273. The van der Waals surface area contributed by atoms with Gasteiger partial charge < -0.3 is 14.8 Å². The fourth-order valence-corrected chi connectivity index (χ4v) is 4.46. The van der Waals surface area contributed by atoms with E-state index in [-0.39, 0.29) is 11.8 Å². The monoisotopic (exact) mass is 455 g/mol. The number of aromatic nitrogens is 3. The minimum atomic E-state index is -0.265. The van der Waals surface area contributed by atoms with E-state index in [0.717, 1.165) is 31.5 Å². The molecule has 0 radical (unpaired) electrons. The maximum absolute atomic E-state index is 12.4. The number of rotatable bonds is 6. The van der Waals surface area contributed by atoms with Crippen molar-refractivity contribution in [3.05, 3.63) is 59.1 Å². The molecule has 4 rings (SSSR count). The highest BCUT2D eigenvalue weighted by molar-refractivity contribution is 7.99. The Bertz CT molecular complexity index is 1090. The van der Waals surface area contributed by atoms with Crippen LogP contribution in [-0.4, -0.2) is 50.3 Å². The number of hydrogen-bond acceptors (Lipinski definition) is 5. The third kappa shape index (κ3) is 4.91. The third-order valence-electron chi connectivity index (χ3n) is 5.14. The van der Waals surface area contributed by atoms with E-state index in [1.807, 2.05) is 40.8 Å². The summed E-state index contributed by atoms with van der Waals surface area (Å²) in [6.07, 6.45) is 2.17. The van der Waals surface area contributed by atoms with Crippen LogP contribution in [0, 0.1) is 0 Å². The Morgan fingerprint density at radius 1 is 1.06 bits per heavy atom. The molecule has 1 aliphatic heterocycles. The second-order valence-electron chi connectivity index (χ2n) is 7.25. The Morgan fingerprint density at radius 3 is 2.48 bits per heavy atom. The average Bonchev–Trinajstić information content (AvgIpc) is 3.43. The summed E-state index contributed by atoms with van der Waals surface area (Å²) in [5, 5.41) is 12.4. The summed E-state index contributed by atoms with van der Waals surface area (Å²) in [5.74, 6) is 0.933. The van der Waals surface area contributed by atoms with E-state index >= 15 is 0 Å². The van der Waals surface area contributed by atoms with E-state index in [4.69, 9.17) is 11.6 Å². The van der Waals surface area contributed by atoms with E-state index in [9.17, 15) is 9.59 Å². The first-order valence-corrected chi connectivity index (χ1v) is 11.4. The third-order valence-corrected chi connectivity index (χ3v) is 6.47. The molecule has 1 aromatic heterocycles. The zero-order valence-electron chi connectivity index (χ0n) is 17.0. The summed E-state index contributed by atoms with van der Waals surface area (Å²) < 4.78 is 1.87. The van der Waals surface area contributed by atoms with Crippen LogP contribution in [0.2, 0.25) is 5.02 Å². The molecule has 0 atom stereocenters. The van der Waals surface area contributed by atoms with E-state index in [2.05, 4.69) is 15.5 Å². The van der Waals surface area contributed by atoms with E-state index in [1.165, 1.54) is 11.8 Å². The lowest BCUT2D eigenvalue weighted by molar-refractivity contribution is -0.127. The Balaban J connectivity index is 1.40. The molecule has 2 heterocycles. The van der Waals surface area contributed by atoms with Gasteiger partial charge in [0, 0.05) is 31.4 Å². The van der Waals surface area contributed by atoms with Crippen LogP contribution in [-0.2, 0) is 11.8 Å². The van der Waals surface area contributed by atoms with Crippen molar-refractivity contribution in [2.75, 3.05) is 24.2 Å². The quantitative estimate of drug-likeness (QED) is 0.566. The maximum atomic E-state index is 12.4. The number of likely N-dealkylation sites (tertiary alicyclic amines) is 1. The average molecular weight is 456 g/mol. The lowest BCUT2D eigenvalue weighted by Gasteiger charge is -2.14. The number of carbonyl (C=O) groups excluding carboxylic acids is 2. The SMILES string of the molecule is Cn1c(SCC(=O)N2CCCC2)nnc1-c1ccc(NC(=O)c2ccccc2Cl)cc1. The Labute approximate surface area is 189 Å². The van der Waals surface area contributed by atoms with Gasteiger partial charge in [0.2, 0.25) is 5.91 Å². The number of nitrogens with zero attached hydrogens (tertiary/aromatic N) is 4. The lowest BCUT2D eigenvalue weighted by Crippen LogP contribution is -2.29. The first kappa shape index (κ1) is 21.4. The Hall–Kier alpha value is -2.84. The van der Waals surface area contributed by atoms with Gasteiger partial charge in [0.05, 0.1) is 16.3 Å². The summed E-state index contributed by atoms with van der Waals surface area (Å²) in [4.78, 5) is 26.6. The molecule has 0 unspecified atom stereocenters. The summed E-state index contributed by atoms with van der Waals surface area (Å²) in [7, 11) is 1.88. The molecule has 1 fully saturated rings. The Kier molecular flexibility index (Phi) is 6.58. The molecule has 0 aliphatic carbocycles. The van der Waals surface area contributed by atoms with Gasteiger partial charge in [-0.3, -0.25) is 9.59 Å². The molecular formula is C22H22ClN5O2S. The van der Waals surface area contributed by atoms with Crippen LogP contribution in [0.4, 0.5) is 5.69 Å². The van der Waals surface area contributed by atoms with Crippen molar-refractivity contribution in [2.45, 2.75) is 18.0 Å². The first-order valence-electron chi connectivity index (χ1n) is 9.99. The normalized spacial score (nSPS) is 13.4. The van der Waals surface area contributed by atoms with Gasteiger partial charge >= 0.3 is 0 Å². The van der Waals surface area contributed by atoms with Gasteiger partial charge in [-0.2, -0.15) is 0 Å². The van der Waals surface area contributed by atoms with Crippen LogP contribution in [0.25, 0.3) is 11.4 Å². The molecule has 1 aliphatic rings. The van der Waals surface area contributed by atoms with Gasteiger partial charge in [0.1, 0.15) is 0 Å².